The van der Waals surface area contributed by atoms with Crippen LogP contribution in [0.25, 0.3) is 0 Å². The summed E-state index contributed by atoms with van der Waals surface area (Å²) in [4.78, 5) is 6.44. The molecule has 1 saturated heterocycles. The van der Waals surface area contributed by atoms with Gasteiger partial charge in [0.1, 0.15) is 5.82 Å². The van der Waals surface area contributed by atoms with Crippen molar-refractivity contribution in [2.45, 2.75) is 25.8 Å². The number of benzene rings is 1. The molecule has 1 aromatic carbocycles. The lowest BCUT2D eigenvalue weighted by molar-refractivity contribution is 0.0625. The maximum absolute atomic E-state index is 13.4. The van der Waals surface area contributed by atoms with Gasteiger partial charge in [-0.1, -0.05) is 15.9 Å². The summed E-state index contributed by atoms with van der Waals surface area (Å²) in [5.41, 5.74) is 0.885. The van der Waals surface area contributed by atoms with Crippen LogP contribution in [-0.4, -0.2) is 44.7 Å². The summed E-state index contributed by atoms with van der Waals surface area (Å²) in [6.07, 6.45) is 3.44. The minimum Gasteiger partial charge on any atom is -0.381 e. The number of nitrogens with one attached hydrogen (secondary N) is 1. The quantitative estimate of drug-likeness (QED) is 0.367. The minimum absolute atomic E-state index is 0. The van der Waals surface area contributed by atoms with Crippen molar-refractivity contribution in [1.29, 1.82) is 0 Å². The Balaban J connectivity index is 0.00000288. The fraction of sp³-hybridized carbons (Fsp3) is 0.588. The molecule has 0 aromatic heterocycles. The van der Waals surface area contributed by atoms with Crippen molar-refractivity contribution >= 4 is 45.9 Å². The third kappa shape index (κ3) is 7.23. The van der Waals surface area contributed by atoms with Gasteiger partial charge in [-0.25, -0.2) is 4.39 Å². The van der Waals surface area contributed by atoms with E-state index in [4.69, 9.17) is 4.74 Å². The number of nitrogens with zero attached hydrogens (tertiary/aromatic N) is 2. The molecule has 0 bridgehead atoms. The zero-order valence-corrected chi connectivity index (χ0v) is 18.1. The first kappa shape index (κ1) is 21.6. The van der Waals surface area contributed by atoms with E-state index in [0.29, 0.717) is 6.54 Å². The van der Waals surface area contributed by atoms with Gasteiger partial charge >= 0.3 is 0 Å². The highest BCUT2D eigenvalue weighted by molar-refractivity contribution is 14.0. The van der Waals surface area contributed by atoms with E-state index in [1.165, 1.54) is 12.1 Å². The number of ether oxygens (including phenoxy) is 1. The number of aliphatic imine (C=N–C) groups is 1. The predicted molar refractivity (Wildman–Crippen MR) is 111 cm³/mol. The van der Waals surface area contributed by atoms with Gasteiger partial charge in [0.2, 0.25) is 0 Å². The number of hydrogen-bond donors (Lipinski definition) is 1. The Morgan fingerprint density at radius 2 is 2.08 bits per heavy atom. The van der Waals surface area contributed by atoms with E-state index in [2.05, 4.69) is 31.1 Å². The lowest BCUT2D eigenvalue weighted by Crippen LogP contribution is -2.39. The van der Waals surface area contributed by atoms with Crippen LogP contribution in [0.5, 0.6) is 0 Å². The van der Waals surface area contributed by atoms with Gasteiger partial charge in [0.15, 0.2) is 5.96 Å². The van der Waals surface area contributed by atoms with Crippen LogP contribution in [0, 0.1) is 11.7 Å². The van der Waals surface area contributed by atoms with Gasteiger partial charge < -0.3 is 15.0 Å². The second-order valence-electron chi connectivity index (χ2n) is 5.94. The fourth-order valence-corrected chi connectivity index (χ4v) is 3.31. The molecule has 1 N–H and O–H groups in total. The van der Waals surface area contributed by atoms with Crippen LogP contribution in [-0.2, 0) is 11.3 Å². The number of rotatable bonds is 5. The molecule has 1 heterocycles. The molecule has 0 radical (unpaired) electrons. The molecule has 0 unspecified atom stereocenters. The van der Waals surface area contributed by atoms with Gasteiger partial charge in [-0.2, -0.15) is 0 Å². The van der Waals surface area contributed by atoms with Crippen LogP contribution >= 0.6 is 39.9 Å². The van der Waals surface area contributed by atoms with E-state index in [9.17, 15) is 4.39 Å². The van der Waals surface area contributed by atoms with Gasteiger partial charge in [0.25, 0.3) is 0 Å². The van der Waals surface area contributed by atoms with Crippen molar-refractivity contribution in [3.05, 3.63) is 34.1 Å². The zero-order valence-electron chi connectivity index (χ0n) is 14.2. The number of hydrogen-bond acceptors (Lipinski definition) is 2. The molecule has 24 heavy (non-hydrogen) atoms. The van der Waals surface area contributed by atoms with Crippen molar-refractivity contribution in [2.24, 2.45) is 10.9 Å². The summed E-state index contributed by atoms with van der Waals surface area (Å²) < 4.78 is 19.6. The predicted octanol–water partition coefficient (Wildman–Crippen LogP) is 4.03. The highest BCUT2D eigenvalue weighted by Gasteiger charge is 2.15. The number of guanidine groups is 1. The Morgan fingerprint density at radius 3 is 2.71 bits per heavy atom. The first-order chi connectivity index (χ1) is 11.1. The van der Waals surface area contributed by atoms with Crippen LogP contribution in [0.1, 0.15) is 24.8 Å². The summed E-state index contributed by atoms with van der Waals surface area (Å²) >= 11 is 3.32. The van der Waals surface area contributed by atoms with Crippen molar-refractivity contribution in [3.8, 4) is 0 Å². The summed E-state index contributed by atoms with van der Waals surface area (Å²) in [5, 5.41) is 3.29. The van der Waals surface area contributed by atoms with Crippen molar-refractivity contribution in [3.63, 3.8) is 0 Å². The lowest BCUT2D eigenvalue weighted by atomic mass is 9.96. The van der Waals surface area contributed by atoms with Gasteiger partial charge in [-0.3, -0.25) is 4.99 Å². The maximum Gasteiger partial charge on any atom is 0.193 e. The van der Waals surface area contributed by atoms with Gasteiger partial charge in [-0.15, -0.1) is 24.0 Å². The maximum atomic E-state index is 13.4. The van der Waals surface area contributed by atoms with E-state index in [1.807, 2.05) is 13.1 Å². The van der Waals surface area contributed by atoms with Crippen LogP contribution in [0.4, 0.5) is 4.39 Å². The summed E-state index contributed by atoms with van der Waals surface area (Å²) in [6.45, 7) is 3.27. The Morgan fingerprint density at radius 1 is 1.38 bits per heavy atom. The molecule has 0 amide bonds. The van der Waals surface area contributed by atoms with Crippen molar-refractivity contribution < 1.29 is 9.13 Å². The molecule has 0 aliphatic carbocycles. The van der Waals surface area contributed by atoms with E-state index >= 15 is 0 Å². The van der Waals surface area contributed by atoms with Crippen LogP contribution in [0.15, 0.2) is 27.7 Å². The second kappa shape index (κ2) is 11.3. The van der Waals surface area contributed by atoms with E-state index < -0.39 is 0 Å². The topological polar surface area (TPSA) is 36.9 Å². The standard InChI is InChI=1S/C17H25BrFN3O.HI/c1-20-17(21-12-14-9-15(18)11-16(19)10-14)22(2)6-3-13-4-7-23-8-5-13;/h9-11,13H,3-8,12H2,1-2H3,(H,20,21);1H. The summed E-state index contributed by atoms with van der Waals surface area (Å²) in [7, 11) is 3.81. The molecule has 0 spiro atoms. The van der Waals surface area contributed by atoms with Crippen LogP contribution < -0.4 is 5.32 Å². The monoisotopic (exact) mass is 513 g/mol. The Bertz CT molecular complexity index is 518. The molecular weight excluding hydrogens is 488 g/mol. The summed E-state index contributed by atoms with van der Waals surface area (Å²) in [5.74, 6) is 1.33. The molecule has 1 aliphatic heterocycles. The Kier molecular flexibility index (Phi) is 10.1. The van der Waals surface area contributed by atoms with Crippen molar-refractivity contribution in [2.75, 3.05) is 33.9 Å². The first-order valence-electron chi connectivity index (χ1n) is 8.03. The molecule has 2 rings (SSSR count). The minimum atomic E-state index is -0.237. The van der Waals surface area contributed by atoms with Crippen LogP contribution in [0.3, 0.4) is 0 Å². The molecule has 0 saturated carbocycles. The third-order valence-corrected chi connectivity index (χ3v) is 4.62. The largest absolute Gasteiger partial charge is 0.381 e. The molecule has 1 aromatic rings. The Labute approximate surface area is 169 Å². The second-order valence-corrected chi connectivity index (χ2v) is 6.86. The lowest BCUT2D eigenvalue weighted by Gasteiger charge is -2.26. The average molecular weight is 514 g/mol. The zero-order chi connectivity index (χ0) is 16.7. The first-order valence-corrected chi connectivity index (χ1v) is 8.82. The smallest absolute Gasteiger partial charge is 0.193 e. The Hall–Kier alpha value is -0.410. The molecule has 136 valence electrons. The van der Waals surface area contributed by atoms with Crippen molar-refractivity contribution in [1.82, 2.24) is 10.2 Å². The fourth-order valence-electron chi connectivity index (χ4n) is 2.80. The highest BCUT2D eigenvalue weighted by atomic mass is 127. The molecule has 0 atom stereocenters. The molecule has 1 aliphatic rings. The van der Waals surface area contributed by atoms with E-state index in [-0.39, 0.29) is 29.8 Å². The average Bonchev–Trinajstić information content (AvgIpc) is 2.53. The van der Waals surface area contributed by atoms with Gasteiger partial charge in [0, 0.05) is 44.9 Å². The number of halogens is 3. The molecule has 4 nitrogen and oxygen atoms in total. The SMILES string of the molecule is CN=C(NCc1cc(F)cc(Br)c1)N(C)CCC1CCOCC1.I. The third-order valence-electron chi connectivity index (χ3n) is 4.16. The molecule has 1 fully saturated rings. The molecule has 7 heteroatoms. The highest BCUT2D eigenvalue weighted by Crippen LogP contribution is 2.18. The van der Waals surface area contributed by atoms with Gasteiger partial charge in [-0.05, 0) is 48.9 Å². The van der Waals surface area contributed by atoms with E-state index in [1.54, 1.807) is 7.05 Å². The summed E-state index contributed by atoms with van der Waals surface area (Å²) in [6, 6.07) is 4.90. The van der Waals surface area contributed by atoms with E-state index in [0.717, 1.165) is 60.9 Å². The normalized spacial score (nSPS) is 15.8. The van der Waals surface area contributed by atoms with Crippen LogP contribution in [0.2, 0.25) is 0 Å². The molecular formula is C17H26BrFIN3O. The van der Waals surface area contributed by atoms with Gasteiger partial charge in [0.05, 0.1) is 0 Å².